The molecule has 0 radical (unpaired) electrons. The molecule has 0 saturated carbocycles. The Kier molecular flexibility index (Phi) is 10.6. The maximum Gasteiger partial charge on any atom is 0.238 e. The quantitative estimate of drug-likeness (QED) is 0.361. The lowest BCUT2D eigenvalue weighted by Gasteiger charge is -2.34. The number of nitrogens with one attached hydrogen (secondary N) is 1. The third kappa shape index (κ3) is 8.09. The van der Waals surface area contributed by atoms with Crippen molar-refractivity contribution in [2.45, 2.75) is 32.6 Å². The first-order chi connectivity index (χ1) is 17.4. The zero-order valence-corrected chi connectivity index (χ0v) is 22.4. The number of halogens is 3. The fourth-order valence-electron chi connectivity index (χ4n) is 5.00. The first-order valence-corrected chi connectivity index (χ1v) is 12.7. The number of aryl methyl sites for hydroxylation is 2. The number of anilines is 1. The van der Waals surface area contributed by atoms with Gasteiger partial charge < -0.3 is 10.2 Å². The van der Waals surface area contributed by atoms with Gasteiger partial charge in [-0.2, -0.15) is 0 Å². The Balaban J connectivity index is 0.00000380. The molecular weight excluding hydrogens is 492 g/mol. The Hall–Kier alpha value is -2.80. The lowest BCUT2D eigenvalue weighted by atomic mass is 9.87. The predicted molar refractivity (Wildman–Crippen MR) is 149 cm³/mol. The molecule has 0 spiro atoms. The van der Waals surface area contributed by atoms with Crippen LogP contribution in [0.25, 0.3) is 0 Å². The van der Waals surface area contributed by atoms with Crippen molar-refractivity contribution in [1.29, 1.82) is 0 Å². The van der Waals surface area contributed by atoms with E-state index in [1.165, 1.54) is 24.3 Å². The molecule has 3 aromatic carbocycles. The van der Waals surface area contributed by atoms with Gasteiger partial charge in [-0.1, -0.05) is 42.5 Å². The fraction of sp³-hybridized carbons (Fsp3) is 0.367. The van der Waals surface area contributed by atoms with Crippen LogP contribution in [0.1, 0.15) is 41.0 Å². The van der Waals surface area contributed by atoms with Crippen LogP contribution in [0.4, 0.5) is 14.5 Å². The van der Waals surface area contributed by atoms with Crippen molar-refractivity contribution in [2.75, 3.05) is 44.6 Å². The zero-order valence-electron chi connectivity index (χ0n) is 21.6. The summed E-state index contributed by atoms with van der Waals surface area (Å²) in [6, 6.07) is 19.3. The van der Waals surface area contributed by atoms with Gasteiger partial charge in [0.15, 0.2) is 0 Å². The largest absolute Gasteiger partial charge is 0.324 e. The number of carbonyl (C=O) groups excluding carboxylic acids is 1. The van der Waals surface area contributed by atoms with Crippen molar-refractivity contribution in [3.05, 3.63) is 101 Å². The number of hydrogen-bond acceptors (Lipinski definition) is 3. The highest BCUT2D eigenvalue weighted by molar-refractivity contribution is 5.93. The first-order valence-electron chi connectivity index (χ1n) is 12.7. The van der Waals surface area contributed by atoms with Gasteiger partial charge in [-0.25, -0.2) is 8.78 Å². The molecule has 7 heteroatoms. The van der Waals surface area contributed by atoms with Gasteiger partial charge in [-0.05, 0) is 79.8 Å². The van der Waals surface area contributed by atoms with Crippen LogP contribution in [0.2, 0.25) is 0 Å². The molecule has 0 unspecified atom stereocenters. The molecule has 1 fully saturated rings. The van der Waals surface area contributed by atoms with Crippen LogP contribution in [0.5, 0.6) is 0 Å². The molecule has 1 saturated heterocycles. The number of rotatable bonds is 9. The number of carbonyl (C=O) groups is 1. The summed E-state index contributed by atoms with van der Waals surface area (Å²) in [5.41, 5.74) is 5.16. The molecule has 1 heterocycles. The molecule has 37 heavy (non-hydrogen) atoms. The second-order valence-electron chi connectivity index (χ2n) is 9.73. The number of nitrogens with zero attached hydrogens (tertiary/aromatic N) is 2. The molecule has 1 aliphatic heterocycles. The Morgan fingerprint density at radius 3 is 1.81 bits per heavy atom. The molecule has 198 valence electrons. The third-order valence-corrected chi connectivity index (χ3v) is 7.09. The summed E-state index contributed by atoms with van der Waals surface area (Å²) >= 11 is 0. The minimum absolute atomic E-state index is 0. The predicted octanol–water partition coefficient (Wildman–Crippen LogP) is 6.17. The second kappa shape index (κ2) is 13.7. The number of para-hydroxylation sites is 1. The summed E-state index contributed by atoms with van der Waals surface area (Å²) in [5, 5.41) is 3.08. The minimum Gasteiger partial charge on any atom is -0.324 e. The lowest BCUT2D eigenvalue weighted by molar-refractivity contribution is -0.117. The summed E-state index contributed by atoms with van der Waals surface area (Å²) in [5.74, 6) is -0.377. The van der Waals surface area contributed by atoms with Crippen molar-refractivity contribution < 1.29 is 13.6 Å². The summed E-state index contributed by atoms with van der Waals surface area (Å²) in [7, 11) is 0. The lowest BCUT2D eigenvalue weighted by Crippen LogP contribution is -2.48. The normalized spacial score (nSPS) is 14.4. The third-order valence-electron chi connectivity index (χ3n) is 7.09. The maximum absolute atomic E-state index is 13.5. The monoisotopic (exact) mass is 527 g/mol. The Bertz CT molecular complexity index is 1080. The number of piperazine rings is 1. The molecule has 1 amide bonds. The van der Waals surface area contributed by atoms with Gasteiger partial charge in [0.1, 0.15) is 11.6 Å². The number of hydrogen-bond donors (Lipinski definition) is 1. The van der Waals surface area contributed by atoms with Crippen LogP contribution in [-0.4, -0.2) is 55.0 Å². The highest BCUT2D eigenvalue weighted by atomic mass is 35.5. The number of amides is 1. The van der Waals surface area contributed by atoms with Gasteiger partial charge in [0.2, 0.25) is 5.91 Å². The van der Waals surface area contributed by atoms with E-state index in [4.69, 9.17) is 0 Å². The smallest absolute Gasteiger partial charge is 0.238 e. The molecule has 0 bridgehead atoms. The van der Waals surface area contributed by atoms with E-state index in [0.717, 1.165) is 73.5 Å². The maximum atomic E-state index is 13.5. The minimum atomic E-state index is -0.253. The first kappa shape index (κ1) is 28.8. The average molecular weight is 528 g/mol. The molecule has 0 atom stereocenters. The van der Waals surface area contributed by atoms with E-state index in [0.29, 0.717) is 6.54 Å². The van der Waals surface area contributed by atoms with Crippen molar-refractivity contribution in [2.24, 2.45) is 0 Å². The summed E-state index contributed by atoms with van der Waals surface area (Å²) < 4.78 is 26.9. The highest BCUT2D eigenvalue weighted by Crippen LogP contribution is 2.30. The Morgan fingerprint density at radius 2 is 1.30 bits per heavy atom. The molecule has 0 aromatic heterocycles. The summed E-state index contributed by atoms with van der Waals surface area (Å²) in [6.45, 7) is 8.96. The van der Waals surface area contributed by atoms with Crippen LogP contribution < -0.4 is 5.32 Å². The van der Waals surface area contributed by atoms with Gasteiger partial charge in [0.05, 0.1) is 6.54 Å². The van der Waals surface area contributed by atoms with Crippen LogP contribution in [0, 0.1) is 25.5 Å². The Labute approximate surface area is 225 Å². The van der Waals surface area contributed by atoms with Gasteiger partial charge in [0.25, 0.3) is 0 Å². The Morgan fingerprint density at radius 1 is 0.811 bits per heavy atom. The van der Waals surface area contributed by atoms with Gasteiger partial charge in [0, 0.05) is 37.8 Å². The van der Waals surface area contributed by atoms with E-state index in [9.17, 15) is 13.6 Å². The molecule has 4 nitrogen and oxygen atoms in total. The molecule has 0 aliphatic carbocycles. The van der Waals surface area contributed by atoms with Crippen LogP contribution in [0.15, 0.2) is 66.7 Å². The topological polar surface area (TPSA) is 35.6 Å². The van der Waals surface area contributed by atoms with Crippen molar-refractivity contribution in [3.8, 4) is 0 Å². The summed E-state index contributed by atoms with van der Waals surface area (Å²) in [4.78, 5) is 17.3. The van der Waals surface area contributed by atoms with Crippen molar-refractivity contribution >= 4 is 24.0 Å². The van der Waals surface area contributed by atoms with E-state index in [2.05, 4.69) is 15.1 Å². The van der Waals surface area contributed by atoms with Gasteiger partial charge in [-0.15, -0.1) is 12.4 Å². The van der Waals surface area contributed by atoms with Crippen LogP contribution >= 0.6 is 12.4 Å². The van der Waals surface area contributed by atoms with Crippen molar-refractivity contribution in [1.82, 2.24) is 9.80 Å². The standard InChI is InChI=1S/C30H35F2N3O.ClH/c1-22-5-3-6-23(2)30(22)33-29(36)21-35-19-17-34(18-20-35)16-4-7-28(24-8-12-26(31)13-9-24)25-10-14-27(32)15-11-25;/h3,5-6,8-15,28H,4,7,16-21H2,1-2H3,(H,33,36);1H. The van der Waals surface area contributed by atoms with Crippen molar-refractivity contribution in [3.63, 3.8) is 0 Å². The van der Waals surface area contributed by atoms with E-state index in [1.54, 1.807) is 0 Å². The highest BCUT2D eigenvalue weighted by Gasteiger charge is 2.20. The molecular formula is C30H36ClF2N3O. The zero-order chi connectivity index (χ0) is 25.5. The SMILES string of the molecule is Cc1cccc(C)c1NC(=O)CN1CCN(CCCC(c2ccc(F)cc2)c2ccc(F)cc2)CC1.Cl. The average Bonchev–Trinajstić information content (AvgIpc) is 2.87. The number of benzene rings is 3. The van der Waals surface area contributed by atoms with Gasteiger partial charge >= 0.3 is 0 Å². The summed E-state index contributed by atoms with van der Waals surface area (Å²) in [6.07, 6.45) is 1.88. The fourth-order valence-corrected chi connectivity index (χ4v) is 5.00. The molecule has 3 aromatic rings. The van der Waals surface area contributed by atoms with E-state index >= 15 is 0 Å². The van der Waals surface area contributed by atoms with E-state index < -0.39 is 0 Å². The molecule has 1 N–H and O–H groups in total. The van der Waals surface area contributed by atoms with Crippen LogP contribution in [-0.2, 0) is 4.79 Å². The van der Waals surface area contributed by atoms with Crippen LogP contribution in [0.3, 0.4) is 0 Å². The molecule has 1 aliphatic rings. The van der Waals surface area contributed by atoms with Gasteiger partial charge in [-0.3, -0.25) is 9.69 Å². The van der Waals surface area contributed by atoms with E-state index in [1.807, 2.05) is 56.3 Å². The van der Waals surface area contributed by atoms with E-state index in [-0.39, 0.29) is 35.9 Å². The molecule has 4 rings (SSSR count). The second-order valence-corrected chi connectivity index (χ2v) is 9.73.